The SMILES string of the molecule is O=[N+]([O-])c1ccc2nc(N3CCN(S(=O)(=O)c4cccc(Cl)c4)CC3)sc2c1. The van der Waals surface area contributed by atoms with Gasteiger partial charge in [0.05, 0.1) is 20.0 Å². The minimum atomic E-state index is -3.60. The molecular formula is C17H15ClN4O4S2. The third-order valence-electron chi connectivity index (χ3n) is 4.51. The number of nitro benzene ring substituents is 1. The van der Waals surface area contributed by atoms with Gasteiger partial charge in [-0.2, -0.15) is 4.31 Å². The Morgan fingerprint density at radius 1 is 1.11 bits per heavy atom. The fraction of sp³-hybridized carbons (Fsp3) is 0.235. The van der Waals surface area contributed by atoms with Crippen LogP contribution in [0.1, 0.15) is 0 Å². The lowest BCUT2D eigenvalue weighted by Crippen LogP contribution is -2.48. The molecule has 0 radical (unpaired) electrons. The molecule has 146 valence electrons. The normalized spacial score (nSPS) is 15.8. The number of fused-ring (bicyclic) bond motifs is 1. The van der Waals surface area contributed by atoms with Crippen LogP contribution in [-0.2, 0) is 10.0 Å². The van der Waals surface area contributed by atoms with Crippen LogP contribution in [0.25, 0.3) is 10.2 Å². The molecule has 4 rings (SSSR count). The Morgan fingerprint density at radius 2 is 1.86 bits per heavy atom. The molecule has 3 aromatic rings. The second kappa shape index (κ2) is 7.28. The zero-order valence-corrected chi connectivity index (χ0v) is 16.9. The molecule has 0 amide bonds. The minimum Gasteiger partial charge on any atom is -0.345 e. The maximum absolute atomic E-state index is 12.8. The molecule has 8 nitrogen and oxygen atoms in total. The Hall–Kier alpha value is -2.27. The summed E-state index contributed by atoms with van der Waals surface area (Å²) in [6.45, 7) is 1.62. The highest BCUT2D eigenvalue weighted by molar-refractivity contribution is 7.89. The minimum absolute atomic E-state index is 0.0279. The van der Waals surface area contributed by atoms with Crippen molar-refractivity contribution in [2.45, 2.75) is 4.90 Å². The van der Waals surface area contributed by atoms with Crippen LogP contribution >= 0.6 is 22.9 Å². The lowest BCUT2D eigenvalue weighted by molar-refractivity contribution is -0.384. The number of benzene rings is 2. The van der Waals surface area contributed by atoms with E-state index in [1.165, 1.54) is 39.9 Å². The summed E-state index contributed by atoms with van der Waals surface area (Å²) < 4.78 is 27.8. The topological polar surface area (TPSA) is 96.7 Å². The highest BCUT2D eigenvalue weighted by Crippen LogP contribution is 2.32. The molecule has 1 aliphatic rings. The van der Waals surface area contributed by atoms with Gasteiger partial charge in [-0.05, 0) is 24.3 Å². The molecule has 2 heterocycles. The molecule has 0 bridgehead atoms. The molecule has 0 spiro atoms. The van der Waals surface area contributed by atoms with E-state index in [4.69, 9.17) is 11.6 Å². The smallest absolute Gasteiger partial charge is 0.270 e. The second-order valence-electron chi connectivity index (χ2n) is 6.25. The van der Waals surface area contributed by atoms with Gasteiger partial charge in [-0.15, -0.1) is 0 Å². The van der Waals surface area contributed by atoms with E-state index >= 15 is 0 Å². The average Bonchev–Trinajstić information content (AvgIpc) is 3.11. The number of halogens is 1. The summed E-state index contributed by atoms with van der Waals surface area (Å²) in [5, 5.41) is 12.0. The predicted molar refractivity (Wildman–Crippen MR) is 109 cm³/mol. The van der Waals surface area contributed by atoms with E-state index in [-0.39, 0.29) is 10.6 Å². The molecule has 11 heteroatoms. The van der Waals surface area contributed by atoms with Crippen molar-refractivity contribution in [2.24, 2.45) is 0 Å². The first-order chi connectivity index (χ1) is 13.3. The molecule has 0 atom stereocenters. The summed E-state index contributed by atoms with van der Waals surface area (Å²) in [5.41, 5.74) is 0.722. The van der Waals surface area contributed by atoms with Crippen LogP contribution in [0, 0.1) is 10.1 Å². The van der Waals surface area contributed by atoms with Gasteiger partial charge in [0.1, 0.15) is 0 Å². The van der Waals surface area contributed by atoms with Crippen LogP contribution in [-0.4, -0.2) is 48.8 Å². The van der Waals surface area contributed by atoms with Crippen molar-refractivity contribution in [1.29, 1.82) is 0 Å². The number of rotatable bonds is 4. The Bertz CT molecular complexity index is 1160. The standard InChI is InChI=1S/C17H15ClN4O4S2/c18-12-2-1-3-14(10-12)28(25,26)21-8-6-20(7-9-21)17-19-15-5-4-13(22(23)24)11-16(15)27-17/h1-5,10-11H,6-9H2. The number of hydrogen-bond donors (Lipinski definition) is 0. The summed E-state index contributed by atoms with van der Waals surface area (Å²) in [5.74, 6) is 0. The number of hydrogen-bond acceptors (Lipinski definition) is 7. The van der Waals surface area contributed by atoms with Crippen LogP contribution in [0.2, 0.25) is 5.02 Å². The number of non-ortho nitro benzene ring substituents is 1. The van der Waals surface area contributed by atoms with Gasteiger partial charge in [-0.1, -0.05) is 29.0 Å². The quantitative estimate of drug-likeness (QED) is 0.457. The second-order valence-corrected chi connectivity index (χ2v) is 9.64. The van der Waals surface area contributed by atoms with Crippen molar-refractivity contribution < 1.29 is 13.3 Å². The number of sulfonamides is 1. The first-order valence-corrected chi connectivity index (χ1v) is 11.0. The summed E-state index contributed by atoms with van der Waals surface area (Å²) >= 11 is 7.29. The molecule has 1 saturated heterocycles. The lowest BCUT2D eigenvalue weighted by Gasteiger charge is -2.33. The van der Waals surface area contributed by atoms with Gasteiger partial charge in [-0.3, -0.25) is 10.1 Å². The zero-order valence-electron chi connectivity index (χ0n) is 14.5. The van der Waals surface area contributed by atoms with Gasteiger partial charge >= 0.3 is 0 Å². The molecule has 2 aromatic carbocycles. The summed E-state index contributed by atoms with van der Waals surface area (Å²) in [4.78, 5) is 17.2. The molecule has 0 unspecified atom stereocenters. The van der Waals surface area contributed by atoms with Crippen molar-refractivity contribution in [3.05, 3.63) is 57.6 Å². The van der Waals surface area contributed by atoms with E-state index in [0.717, 1.165) is 9.83 Å². The van der Waals surface area contributed by atoms with Gasteiger partial charge in [0.15, 0.2) is 5.13 Å². The fourth-order valence-corrected chi connectivity index (χ4v) is 5.82. The lowest BCUT2D eigenvalue weighted by atomic mass is 10.3. The van der Waals surface area contributed by atoms with E-state index in [1.54, 1.807) is 18.2 Å². The average molecular weight is 439 g/mol. The van der Waals surface area contributed by atoms with Gasteiger partial charge in [0.25, 0.3) is 5.69 Å². The van der Waals surface area contributed by atoms with E-state index in [9.17, 15) is 18.5 Å². The van der Waals surface area contributed by atoms with E-state index in [1.807, 2.05) is 4.90 Å². The Kier molecular flexibility index (Phi) is 4.96. The zero-order chi connectivity index (χ0) is 19.9. The number of thiazole rings is 1. The molecule has 1 fully saturated rings. The molecule has 0 N–H and O–H groups in total. The van der Waals surface area contributed by atoms with E-state index < -0.39 is 14.9 Å². The molecule has 0 aliphatic carbocycles. The third-order valence-corrected chi connectivity index (χ3v) is 7.72. The van der Waals surface area contributed by atoms with E-state index in [2.05, 4.69) is 4.98 Å². The molecular weight excluding hydrogens is 424 g/mol. The molecule has 0 saturated carbocycles. The molecule has 28 heavy (non-hydrogen) atoms. The fourth-order valence-electron chi connectivity index (χ4n) is 3.05. The van der Waals surface area contributed by atoms with Crippen LogP contribution in [0.3, 0.4) is 0 Å². The summed E-state index contributed by atoms with van der Waals surface area (Å²) in [6, 6.07) is 10.8. The number of piperazine rings is 1. The van der Waals surface area contributed by atoms with E-state index in [0.29, 0.717) is 36.7 Å². The van der Waals surface area contributed by atoms with Crippen molar-refractivity contribution >= 4 is 54.0 Å². The Balaban J connectivity index is 1.51. The largest absolute Gasteiger partial charge is 0.345 e. The van der Waals surface area contributed by atoms with Gasteiger partial charge in [0.2, 0.25) is 10.0 Å². The third kappa shape index (κ3) is 3.55. The van der Waals surface area contributed by atoms with Crippen molar-refractivity contribution in [3.8, 4) is 0 Å². The number of aromatic nitrogens is 1. The first kappa shape index (κ1) is 19.1. The highest BCUT2D eigenvalue weighted by atomic mass is 35.5. The predicted octanol–water partition coefficient (Wildman–Crippen LogP) is 3.37. The van der Waals surface area contributed by atoms with Crippen molar-refractivity contribution in [2.75, 3.05) is 31.1 Å². The number of nitrogens with zero attached hydrogens (tertiary/aromatic N) is 4. The summed E-state index contributed by atoms with van der Waals surface area (Å²) in [7, 11) is -3.60. The Morgan fingerprint density at radius 3 is 2.54 bits per heavy atom. The van der Waals surface area contributed by atoms with Crippen LogP contribution in [0.5, 0.6) is 0 Å². The Labute approximate surface area is 170 Å². The monoisotopic (exact) mass is 438 g/mol. The maximum atomic E-state index is 12.8. The highest BCUT2D eigenvalue weighted by Gasteiger charge is 2.29. The van der Waals surface area contributed by atoms with Crippen LogP contribution in [0.4, 0.5) is 10.8 Å². The first-order valence-electron chi connectivity index (χ1n) is 8.40. The number of nitro groups is 1. The van der Waals surface area contributed by atoms with Crippen molar-refractivity contribution in [1.82, 2.24) is 9.29 Å². The van der Waals surface area contributed by atoms with Crippen LogP contribution in [0.15, 0.2) is 47.4 Å². The molecule has 1 aliphatic heterocycles. The van der Waals surface area contributed by atoms with Gasteiger partial charge < -0.3 is 4.90 Å². The van der Waals surface area contributed by atoms with Gasteiger partial charge in [-0.25, -0.2) is 13.4 Å². The maximum Gasteiger partial charge on any atom is 0.270 e. The van der Waals surface area contributed by atoms with Crippen molar-refractivity contribution in [3.63, 3.8) is 0 Å². The van der Waals surface area contributed by atoms with Crippen LogP contribution < -0.4 is 4.90 Å². The molecule has 1 aromatic heterocycles. The van der Waals surface area contributed by atoms with Gasteiger partial charge in [0, 0.05) is 43.3 Å². The summed E-state index contributed by atoms with van der Waals surface area (Å²) in [6.07, 6.45) is 0. The number of anilines is 1.